The highest BCUT2D eigenvalue weighted by molar-refractivity contribution is 9.10. The average Bonchev–Trinajstić information content (AvgIpc) is 2.87. The van der Waals surface area contributed by atoms with Crippen LogP contribution < -0.4 is 10.1 Å². The first-order valence-electron chi connectivity index (χ1n) is 6.48. The fourth-order valence-corrected chi connectivity index (χ4v) is 3.28. The molecule has 0 fully saturated rings. The lowest BCUT2D eigenvalue weighted by molar-refractivity contribution is 0.352. The fraction of sp³-hybridized carbons (Fsp3) is 0.267. The lowest BCUT2D eigenvalue weighted by atomic mass is 10.1. The zero-order chi connectivity index (χ0) is 13.9. The number of nitrogens with zero attached hydrogens (tertiary/aromatic N) is 1. The van der Waals surface area contributed by atoms with Gasteiger partial charge in [0.15, 0.2) is 0 Å². The Labute approximate surface area is 135 Å². The summed E-state index contributed by atoms with van der Waals surface area (Å²) in [7, 11) is 0. The molecule has 1 aliphatic rings. The minimum Gasteiger partial charge on any atom is -0.493 e. The first-order chi connectivity index (χ1) is 9.72. The van der Waals surface area contributed by atoms with E-state index in [2.05, 4.69) is 54.3 Å². The predicted molar refractivity (Wildman–Crippen MR) is 85.8 cm³/mol. The monoisotopic (exact) mass is 396 g/mol. The van der Waals surface area contributed by atoms with Crippen LogP contribution in [0.2, 0.25) is 0 Å². The highest BCUT2D eigenvalue weighted by Crippen LogP contribution is 2.32. The van der Waals surface area contributed by atoms with Crippen LogP contribution >= 0.6 is 31.9 Å². The number of halogens is 2. The molecule has 2 heterocycles. The van der Waals surface area contributed by atoms with Crippen LogP contribution in [-0.4, -0.2) is 11.6 Å². The Morgan fingerprint density at radius 1 is 1.20 bits per heavy atom. The van der Waals surface area contributed by atoms with E-state index in [9.17, 15) is 0 Å². The number of rotatable bonds is 4. The first-order valence-corrected chi connectivity index (χ1v) is 8.07. The van der Waals surface area contributed by atoms with Crippen molar-refractivity contribution in [1.29, 1.82) is 0 Å². The lowest BCUT2D eigenvalue weighted by Crippen LogP contribution is -2.14. The summed E-state index contributed by atoms with van der Waals surface area (Å²) in [6.45, 7) is 2.29. The lowest BCUT2D eigenvalue weighted by Gasteiger charge is -2.10. The molecule has 3 nitrogen and oxygen atoms in total. The van der Waals surface area contributed by atoms with Crippen LogP contribution in [0.4, 0.5) is 0 Å². The molecule has 20 heavy (non-hydrogen) atoms. The molecule has 0 amide bonds. The second-order valence-electron chi connectivity index (χ2n) is 4.71. The molecular formula is C15H14Br2N2O. The number of aromatic nitrogens is 1. The van der Waals surface area contributed by atoms with Gasteiger partial charge in [-0.1, -0.05) is 22.0 Å². The van der Waals surface area contributed by atoms with Gasteiger partial charge in [-0.15, -0.1) is 0 Å². The molecule has 1 aromatic carbocycles. The van der Waals surface area contributed by atoms with Crippen molar-refractivity contribution in [2.45, 2.75) is 19.5 Å². The van der Waals surface area contributed by atoms with E-state index in [1.807, 2.05) is 18.2 Å². The van der Waals surface area contributed by atoms with Crippen LogP contribution in [0, 0.1) is 0 Å². The summed E-state index contributed by atoms with van der Waals surface area (Å²) < 4.78 is 7.70. The second-order valence-corrected chi connectivity index (χ2v) is 6.43. The van der Waals surface area contributed by atoms with Crippen LogP contribution in [0.15, 0.2) is 39.4 Å². The van der Waals surface area contributed by atoms with Gasteiger partial charge in [0, 0.05) is 29.5 Å². The molecule has 0 spiro atoms. The Bertz CT molecular complexity index is 631. The van der Waals surface area contributed by atoms with Crippen LogP contribution in [-0.2, 0) is 19.5 Å². The molecule has 0 unspecified atom stereocenters. The van der Waals surface area contributed by atoms with E-state index in [0.717, 1.165) is 46.6 Å². The quantitative estimate of drug-likeness (QED) is 0.796. The zero-order valence-electron chi connectivity index (χ0n) is 10.8. The van der Waals surface area contributed by atoms with Crippen molar-refractivity contribution in [1.82, 2.24) is 10.3 Å². The van der Waals surface area contributed by atoms with E-state index in [0.29, 0.717) is 0 Å². The molecule has 0 saturated carbocycles. The Hall–Kier alpha value is -0.910. The summed E-state index contributed by atoms with van der Waals surface area (Å²) >= 11 is 6.94. The Morgan fingerprint density at radius 3 is 2.95 bits per heavy atom. The van der Waals surface area contributed by atoms with Gasteiger partial charge in [0.25, 0.3) is 0 Å². The smallest absolute Gasteiger partial charge is 0.127 e. The highest BCUT2D eigenvalue weighted by Gasteiger charge is 2.17. The van der Waals surface area contributed by atoms with Crippen molar-refractivity contribution >= 4 is 31.9 Å². The number of benzene rings is 1. The summed E-state index contributed by atoms with van der Waals surface area (Å²) in [5.74, 6) is 1.04. The molecule has 0 atom stereocenters. The van der Waals surface area contributed by atoms with Crippen LogP contribution in [0.3, 0.4) is 0 Å². The van der Waals surface area contributed by atoms with E-state index in [-0.39, 0.29) is 0 Å². The van der Waals surface area contributed by atoms with Gasteiger partial charge in [-0.05, 0) is 45.8 Å². The first kappa shape index (κ1) is 14.0. The van der Waals surface area contributed by atoms with E-state index >= 15 is 0 Å². The number of fused-ring (bicyclic) bond motifs is 1. The molecule has 0 aliphatic carbocycles. The van der Waals surface area contributed by atoms with Crippen molar-refractivity contribution in [3.05, 3.63) is 56.2 Å². The number of hydrogen-bond donors (Lipinski definition) is 1. The molecule has 1 aliphatic heterocycles. The maximum absolute atomic E-state index is 5.72. The van der Waals surface area contributed by atoms with Gasteiger partial charge >= 0.3 is 0 Å². The molecule has 5 heteroatoms. The SMILES string of the molecule is Brc1cc2c(c(CNCc3cccc(Br)n3)c1)OCC2. The van der Waals surface area contributed by atoms with Gasteiger partial charge < -0.3 is 10.1 Å². The summed E-state index contributed by atoms with van der Waals surface area (Å²) in [4.78, 5) is 4.41. The van der Waals surface area contributed by atoms with E-state index < -0.39 is 0 Å². The zero-order valence-corrected chi connectivity index (χ0v) is 14.0. The standard InChI is InChI=1S/C15H14Br2N2O/c16-12-6-10-4-5-20-15(10)11(7-12)8-18-9-13-2-1-3-14(17)19-13/h1-3,6-7,18H,4-5,8-9H2. The third-order valence-corrected chi connectivity index (χ3v) is 4.12. The van der Waals surface area contributed by atoms with Gasteiger partial charge in [-0.2, -0.15) is 0 Å². The van der Waals surface area contributed by atoms with E-state index in [4.69, 9.17) is 4.74 Å². The maximum atomic E-state index is 5.72. The van der Waals surface area contributed by atoms with Crippen molar-refractivity contribution < 1.29 is 4.74 Å². The Balaban J connectivity index is 1.67. The fourth-order valence-electron chi connectivity index (χ4n) is 2.35. The minimum atomic E-state index is 0.737. The largest absolute Gasteiger partial charge is 0.493 e. The molecule has 2 aromatic rings. The molecule has 3 rings (SSSR count). The van der Waals surface area contributed by atoms with Gasteiger partial charge in [0.05, 0.1) is 12.3 Å². The van der Waals surface area contributed by atoms with E-state index in [1.165, 1.54) is 11.1 Å². The second kappa shape index (κ2) is 6.24. The topological polar surface area (TPSA) is 34.2 Å². The van der Waals surface area contributed by atoms with Crippen LogP contribution in [0.25, 0.3) is 0 Å². The van der Waals surface area contributed by atoms with Crippen molar-refractivity contribution in [3.8, 4) is 5.75 Å². The summed E-state index contributed by atoms with van der Waals surface area (Å²) in [5.41, 5.74) is 3.51. The van der Waals surface area contributed by atoms with Gasteiger partial charge in [0.1, 0.15) is 10.4 Å². The van der Waals surface area contributed by atoms with Crippen LogP contribution in [0.1, 0.15) is 16.8 Å². The van der Waals surface area contributed by atoms with Gasteiger partial charge in [-0.3, -0.25) is 0 Å². The van der Waals surface area contributed by atoms with Crippen LogP contribution in [0.5, 0.6) is 5.75 Å². The molecular weight excluding hydrogens is 384 g/mol. The molecule has 0 radical (unpaired) electrons. The minimum absolute atomic E-state index is 0.737. The normalized spacial score (nSPS) is 13.1. The number of nitrogens with one attached hydrogen (secondary N) is 1. The predicted octanol–water partition coefficient (Wildman–Crippen LogP) is 3.83. The van der Waals surface area contributed by atoms with E-state index in [1.54, 1.807) is 0 Å². The summed E-state index contributed by atoms with van der Waals surface area (Å²) in [5, 5.41) is 3.42. The maximum Gasteiger partial charge on any atom is 0.127 e. The Morgan fingerprint density at radius 2 is 2.10 bits per heavy atom. The molecule has 0 saturated heterocycles. The number of pyridine rings is 1. The summed E-state index contributed by atoms with van der Waals surface area (Å²) in [6.07, 6.45) is 0.995. The molecule has 104 valence electrons. The number of hydrogen-bond acceptors (Lipinski definition) is 3. The molecule has 1 aromatic heterocycles. The van der Waals surface area contributed by atoms with Crippen molar-refractivity contribution in [2.75, 3.05) is 6.61 Å². The number of ether oxygens (including phenoxy) is 1. The third kappa shape index (κ3) is 3.22. The molecule has 1 N–H and O–H groups in total. The van der Waals surface area contributed by atoms with Gasteiger partial charge in [0.2, 0.25) is 0 Å². The van der Waals surface area contributed by atoms with Gasteiger partial charge in [-0.25, -0.2) is 4.98 Å². The highest BCUT2D eigenvalue weighted by atomic mass is 79.9. The Kier molecular flexibility index (Phi) is 4.38. The van der Waals surface area contributed by atoms with Crippen molar-refractivity contribution in [2.24, 2.45) is 0 Å². The molecule has 0 bridgehead atoms. The summed E-state index contributed by atoms with van der Waals surface area (Å²) in [6, 6.07) is 10.2. The average molecular weight is 398 g/mol. The van der Waals surface area contributed by atoms with Crippen molar-refractivity contribution in [3.63, 3.8) is 0 Å². The third-order valence-electron chi connectivity index (χ3n) is 3.22.